The molecule has 1 amide bonds. The maximum atomic E-state index is 13.1. The largest absolute Gasteiger partial charge is 0.325 e. The minimum absolute atomic E-state index is 0.112. The number of hydrogen-bond donors (Lipinski definition) is 1. The second-order valence-corrected chi connectivity index (χ2v) is 9.21. The summed E-state index contributed by atoms with van der Waals surface area (Å²) in [5.74, 6) is -0.0997. The minimum atomic E-state index is -0.212. The average Bonchev–Trinajstić information content (AvgIpc) is 3.21. The molecule has 0 spiro atoms. The third-order valence-electron chi connectivity index (χ3n) is 5.22. The highest BCUT2D eigenvalue weighted by molar-refractivity contribution is 7.99. The molecule has 0 aliphatic carbocycles. The fraction of sp³-hybridized carbons (Fsp3) is 0.167. The molecule has 0 saturated carbocycles. The Labute approximate surface area is 193 Å². The summed E-state index contributed by atoms with van der Waals surface area (Å²) in [6, 6.07) is 14.9. The zero-order chi connectivity index (χ0) is 22.8. The first-order valence-corrected chi connectivity index (χ1v) is 11.7. The van der Waals surface area contributed by atoms with Crippen LogP contribution in [0.15, 0.2) is 57.8 Å². The molecule has 0 aliphatic rings. The van der Waals surface area contributed by atoms with Crippen LogP contribution < -0.4 is 10.9 Å². The number of benzene rings is 2. The highest BCUT2D eigenvalue weighted by Gasteiger charge is 2.17. The van der Waals surface area contributed by atoms with Crippen LogP contribution in [-0.2, 0) is 11.8 Å². The predicted molar refractivity (Wildman–Crippen MR) is 130 cm³/mol. The van der Waals surface area contributed by atoms with E-state index < -0.39 is 0 Å². The first-order chi connectivity index (χ1) is 15.4. The monoisotopic (exact) mass is 460 g/mol. The fourth-order valence-corrected chi connectivity index (χ4v) is 5.02. The number of carbonyl (C=O) groups excluding carboxylic acids is 1. The van der Waals surface area contributed by atoms with Crippen LogP contribution >= 0.6 is 23.1 Å². The normalized spacial score (nSPS) is 10.8. The van der Waals surface area contributed by atoms with Gasteiger partial charge in [0, 0.05) is 23.7 Å². The van der Waals surface area contributed by atoms with Crippen molar-refractivity contribution in [3.05, 3.63) is 74.9 Å². The summed E-state index contributed by atoms with van der Waals surface area (Å²) in [5, 5.41) is 14.7. The summed E-state index contributed by atoms with van der Waals surface area (Å²) in [4.78, 5) is 30.8. The molecule has 2 heterocycles. The van der Waals surface area contributed by atoms with E-state index in [1.807, 2.05) is 17.5 Å². The van der Waals surface area contributed by atoms with Crippen molar-refractivity contribution in [2.24, 2.45) is 7.05 Å². The van der Waals surface area contributed by atoms with Crippen LogP contribution in [0.25, 0.3) is 21.3 Å². The SMILES string of the molecule is Cc1ccc(-c2csc3nc(SCC(=O)Nc4ccc(C#N)cc4)n(C)c(=O)c23)cc1C. The number of nitrogens with one attached hydrogen (secondary N) is 1. The van der Waals surface area contributed by atoms with Gasteiger partial charge in [-0.2, -0.15) is 5.26 Å². The number of fused-ring (bicyclic) bond motifs is 1. The van der Waals surface area contributed by atoms with Crippen molar-refractivity contribution in [3.8, 4) is 17.2 Å². The van der Waals surface area contributed by atoms with Crippen molar-refractivity contribution in [2.75, 3.05) is 11.1 Å². The maximum Gasteiger partial charge on any atom is 0.263 e. The van der Waals surface area contributed by atoms with Crippen molar-refractivity contribution in [1.29, 1.82) is 5.26 Å². The molecule has 1 N–H and O–H groups in total. The number of nitriles is 1. The smallest absolute Gasteiger partial charge is 0.263 e. The van der Waals surface area contributed by atoms with E-state index in [2.05, 4.69) is 36.3 Å². The minimum Gasteiger partial charge on any atom is -0.325 e. The van der Waals surface area contributed by atoms with Gasteiger partial charge in [0.15, 0.2) is 5.16 Å². The van der Waals surface area contributed by atoms with Crippen LogP contribution in [0.3, 0.4) is 0 Å². The highest BCUT2D eigenvalue weighted by Crippen LogP contribution is 2.33. The number of thioether (sulfide) groups is 1. The molecule has 8 heteroatoms. The number of carbonyl (C=O) groups is 1. The van der Waals surface area contributed by atoms with Crippen molar-refractivity contribution >= 4 is 44.9 Å². The van der Waals surface area contributed by atoms with E-state index >= 15 is 0 Å². The summed E-state index contributed by atoms with van der Waals surface area (Å²) in [5.41, 5.74) is 5.28. The van der Waals surface area contributed by atoms with Crippen molar-refractivity contribution in [2.45, 2.75) is 19.0 Å². The van der Waals surface area contributed by atoms with E-state index in [1.165, 1.54) is 38.8 Å². The maximum absolute atomic E-state index is 13.1. The molecule has 0 radical (unpaired) electrons. The average molecular weight is 461 g/mol. The number of amides is 1. The molecule has 32 heavy (non-hydrogen) atoms. The van der Waals surface area contributed by atoms with E-state index in [-0.39, 0.29) is 17.2 Å². The van der Waals surface area contributed by atoms with Gasteiger partial charge in [-0.25, -0.2) is 4.98 Å². The molecule has 0 unspecified atom stereocenters. The molecule has 160 valence electrons. The predicted octanol–water partition coefficient (Wildman–Crippen LogP) is 4.88. The summed E-state index contributed by atoms with van der Waals surface area (Å²) in [7, 11) is 1.68. The molecule has 2 aromatic heterocycles. The molecule has 4 rings (SSSR count). The number of aromatic nitrogens is 2. The molecule has 6 nitrogen and oxygen atoms in total. The zero-order valence-corrected chi connectivity index (χ0v) is 19.4. The number of thiophene rings is 1. The zero-order valence-electron chi connectivity index (χ0n) is 17.8. The fourth-order valence-electron chi connectivity index (χ4n) is 3.26. The van der Waals surface area contributed by atoms with Crippen molar-refractivity contribution in [1.82, 2.24) is 9.55 Å². The van der Waals surface area contributed by atoms with Crippen molar-refractivity contribution in [3.63, 3.8) is 0 Å². The van der Waals surface area contributed by atoms with Crippen LogP contribution in [0.5, 0.6) is 0 Å². The molecule has 0 saturated heterocycles. The number of nitrogens with zero attached hydrogens (tertiary/aromatic N) is 3. The van der Waals surface area contributed by atoms with Crippen LogP contribution in [-0.4, -0.2) is 21.2 Å². The van der Waals surface area contributed by atoms with Crippen molar-refractivity contribution < 1.29 is 4.79 Å². The molecule has 4 aromatic rings. The lowest BCUT2D eigenvalue weighted by Gasteiger charge is -2.09. The van der Waals surface area contributed by atoms with Gasteiger partial charge in [-0.15, -0.1) is 11.3 Å². The Balaban J connectivity index is 1.56. The summed E-state index contributed by atoms with van der Waals surface area (Å²) < 4.78 is 1.50. The van der Waals surface area contributed by atoms with E-state index in [9.17, 15) is 9.59 Å². The highest BCUT2D eigenvalue weighted by atomic mass is 32.2. The third kappa shape index (κ3) is 4.31. The number of aryl methyl sites for hydroxylation is 2. The summed E-state index contributed by atoms with van der Waals surface area (Å²) in [6.07, 6.45) is 0. The molecule has 0 bridgehead atoms. The molecule has 0 aliphatic heterocycles. The lowest BCUT2D eigenvalue weighted by molar-refractivity contribution is -0.113. The Kier molecular flexibility index (Phi) is 6.12. The summed E-state index contributed by atoms with van der Waals surface area (Å²) in [6.45, 7) is 4.12. The number of anilines is 1. The lowest BCUT2D eigenvalue weighted by atomic mass is 10.0. The van der Waals surface area contributed by atoms with E-state index in [0.29, 0.717) is 26.6 Å². The van der Waals surface area contributed by atoms with E-state index in [0.717, 1.165) is 11.1 Å². The second kappa shape index (κ2) is 8.99. The first-order valence-electron chi connectivity index (χ1n) is 9.86. The van der Waals surface area contributed by atoms with E-state index in [1.54, 1.807) is 31.3 Å². The molecular formula is C24H20N4O2S2. The van der Waals surface area contributed by atoms with Crippen LogP contribution in [0, 0.1) is 25.2 Å². The van der Waals surface area contributed by atoms with Crippen LogP contribution in [0.2, 0.25) is 0 Å². The number of hydrogen-bond acceptors (Lipinski definition) is 6. The Morgan fingerprint density at radius 3 is 2.62 bits per heavy atom. The van der Waals surface area contributed by atoms with Gasteiger partial charge >= 0.3 is 0 Å². The van der Waals surface area contributed by atoms with Gasteiger partial charge in [0.25, 0.3) is 5.56 Å². The Morgan fingerprint density at radius 1 is 1.19 bits per heavy atom. The van der Waals surface area contributed by atoms with Gasteiger partial charge in [-0.1, -0.05) is 30.0 Å². The Morgan fingerprint density at radius 2 is 1.94 bits per heavy atom. The number of rotatable bonds is 5. The quantitative estimate of drug-likeness (QED) is 0.339. The van der Waals surface area contributed by atoms with Crippen LogP contribution in [0.1, 0.15) is 16.7 Å². The van der Waals surface area contributed by atoms with Crippen LogP contribution in [0.4, 0.5) is 5.69 Å². The second-order valence-electron chi connectivity index (χ2n) is 7.41. The van der Waals surface area contributed by atoms with Gasteiger partial charge in [0.05, 0.1) is 22.8 Å². The Bertz CT molecular complexity index is 1430. The topological polar surface area (TPSA) is 87.8 Å². The summed E-state index contributed by atoms with van der Waals surface area (Å²) >= 11 is 2.65. The molecule has 0 atom stereocenters. The van der Waals surface area contributed by atoms with Gasteiger partial charge in [0.1, 0.15) is 4.83 Å². The van der Waals surface area contributed by atoms with E-state index in [4.69, 9.17) is 5.26 Å². The lowest BCUT2D eigenvalue weighted by Crippen LogP contribution is -2.21. The molecular weight excluding hydrogens is 440 g/mol. The van der Waals surface area contributed by atoms with Gasteiger partial charge in [0.2, 0.25) is 5.91 Å². The van der Waals surface area contributed by atoms with Gasteiger partial charge in [-0.05, 0) is 54.8 Å². The standard InChI is InChI=1S/C24H20N4O2S2/c1-14-4-7-17(10-15(14)2)19-12-31-22-21(19)23(30)28(3)24(27-22)32-13-20(29)26-18-8-5-16(11-25)6-9-18/h4-10,12H,13H2,1-3H3,(H,26,29). The Hall–Kier alpha value is -3.41. The van der Waals surface area contributed by atoms with Gasteiger partial charge < -0.3 is 5.32 Å². The molecule has 2 aromatic carbocycles. The third-order valence-corrected chi connectivity index (χ3v) is 7.12. The first kappa shape index (κ1) is 21.8. The van der Waals surface area contributed by atoms with Gasteiger partial charge in [-0.3, -0.25) is 14.2 Å². The molecule has 0 fully saturated rings.